The molecule has 0 saturated carbocycles. The summed E-state index contributed by atoms with van der Waals surface area (Å²) >= 11 is 1.55. The number of aromatic nitrogens is 3. The second-order valence-electron chi connectivity index (χ2n) is 8.24. The Hall–Kier alpha value is -3.19. The molecule has 32 heavy (non-hydrogen) atoms. The van der Waals surface area contributed by atoms with Crippen LogP contribution in [0.25, 0.3) is 21.3 Å². The van der Waals surface area contributed by atoms with Gasteiger partial charge in [-0.25, -0.2) is 4.98 Å². The highest BCUT2D eigenvalue weighted by Gasteiger charge is 2.19. The van der Waals surface area contributed by atoms with Gasteiger partial charge in [0.05, 0.1) is 18.5 Å². The van der Waals surface area contributed by atoms with Crippen molar-refractivity contribution >= 4 is 21.6 Å². The molecule has 0 aliphatic heterocycles. The number of nitrogens with one attached hydrogen (secondary N) is 1. The Balaban J connectivity index is 1.79. The van der Waals surface area contributed by atoms with E-state index in [4.69, 9.17) is 9.72 Å². The highest BCUT2D eigenvalue weighted by molar-refractivity contribution is 7.19. The fourth-order valence-electron chi connectivity index (χ4n) is 3.75. The summed E-state index contributed by atoms with van der Waals surface area (Å²) in [5.41, 5.74) is 2.29. The molecule has 0 spiro atoms. The summed E-state index contributed by atoms with van der Waals surface area (Å²) in [5, 5.41) is 0.634. The van der Waals surface area contributed by atoms with Crippen LogP contribution in [0.4, 0.5) is 0 Å². The quantitative estimate of drug-likeness (QED) is 0.441. The van der Waals surface area contributed by atoms with Gasteiger partial charge in [0.2, 0.25) is 5.43 Å². The molecule has 3 aromatic heterocycles. The minimum absolute atomic E-state index is 0.0870. The minimum atomic E-state index is -0.198. The van der Waals surface area contributed by atoms with Gasteiger partial charge in [-0.3, -0.25) is 14.2 Å². The second kappa shape index (κ2) is 9.12. The van der Waals surface area contributed by atoms with Gasteiger partial charge in [0, 0.05) is 34.8 Å². The molecule has 0 aliphatic carbocycles. The number of H-pyrrole nitrogens is 1. The first-order valence-corrected chi connectivity index (χ1v) is 11.6. The summed E-state index contributed by atoms with van der Waals surface area (Å²) in [6.07, 6.45) is 2.19. The third kappa shape index (κ3) is 4.25. The molecule has 0 aliphatic rings. The number of nitrogens with zero attached hydrogens (tertiary/aromatic N) is 2. The molecule has 0 bridgehead atoms. The molecule has 7 heteroatoms. The number of rotatable bonds is 7. The number of pyridine rings is 1. The predicted molar refractivity (Wildman–Crippen MR) is 130 cm³/mol. The van der Waals surface area contributed by atoms with Crippen LogP contribution in [0.2, 0.25) is 0 Å². The second-order valence-corrected chi connectivity index (χ2v) is 9.45. The Labute approximate surface area is 190 Å². The largest absolute Gasteiger partial charge is 0.488 e. The minimum Gasteiger partial charge on any atom is -0.488 e. The number of aromatic amines is 1. The van der Waals surface area contributed by atoms with Gasteiger partial charge in [-0.15, -0.1) is 11.3 Å². The molecule has 1 aromatic carbocycles. The Bertz CT molecular complexity index is 1370. The monoisotopic (exact) mass is 449 g/mol. The van der Waals surface area contributed by atoms with E-state index in [1.165, 1.54) is 6.07 Å². The van der Waals surface area contributed by atoms with Crippen LogP contribution < -0.4 is 15.7 Å². The summed E-state index contributed by atoms with van der Waals surface area (Å²) in [7, 11) is 0. The fraction of sp³-hybridized carbons (Fsp3) is 0.320. The summed E-state index contributed by atoms with van der Waals surface area (Å²) in [5.74, 6) is 1.31. The Morgan fingerprint density at radius 2 is 1.94 bits per heavy atom. The third-order valence-corrected chi connectivity index (χ3v) is 6.28. The lowest BCUT2D eigenvalue weighted by Crippen LogP contribution is -2.26. The normalized spacial score (nSPS) is 11.4. The Morgan fingerprint density at radius 1 is 1.19 bits per heavy atom. The molecular weight excluding hydrogens is 422 g/mol. The van der Waals surface area contributed by atoms with E-state index in [1.807, 2.05) is 58.0 Å². The van der Waals surface area contributed by atoms with Crippen LogP contribution in [0.3, 0.4) is 0 Å². The van der Waals surface area contributed by atoms with Crippen LogP contribution in [0.1, 0.15) is 37.2 Å². The number of aryl methyl sites for hydroxylation is 2. The van der Waals surface area contributed by atoms with Crippen molar-refractivity contribution in [3.63, 3.8) is 0 Å². The summed E-state index contributed by atoms with van der Waals surface area (Å²) < 4.78 is 7.24. The Kier molecular flexibility index (Phi) is 6.28. The van der Waals surface area contributed by atoms with Crippen molar-refractivity contribution < 1.29 is 4.74 Å². The highest BCUT2D eigenvalue weighted by Crippen LogP contribution is 2.35. The van der Waals surface area contributed by atoms with Gasteiger partial charge < -0.3 is 9.72 Å². The lowest BCUT2D eigenvalue weighted by atomic mass is 10.0. The number of ether oxygens (including phenoxy) is 1. The van der Waals surface area contributed by atoms with Gasteiger partial charge in [-0.1, -0.05) is 51.1 Å². The SMILES string of the molecule is CCc1nc2sc(C)c(-c3ccccc3)c2c(=O)n1Cc1cc(=O)c(OCC(C)C)c[nH]1. The maximum absolute atomic E-state index is 13.7. The van der Waals surface area contributed by atoms with Crippen molar-refractivity contribution in [3.05, 3.63) is 79.6 Å². The molecule has 0 radical (unpaired) electrons. The van der Waals surface area contributed by atoms with Gasteiger partial charge in [0.15, 0.2) is 5.75 Å². The van der Waals surface area contributed by atoms with Crippen LogP contribution in [0, 0.1) is 12.8 Å². The van der Waals surface area contributed by atoms with E-state index >= 15 is 0 Å². The lowest BCUT2D eigenvalue weighted by Gasteiger charge is -2.13. The average Bonchev–Trinajstić information content (AvgIpc) is 3.11. The van der Waals surface area contributed by atoms with Crippen LogP contribution in [-0.4, -0.2) is 21.1 Å². The van der Waals surface area contributed by atoms with E-state index in [0.717, 1.165) is 20.8 Å². The molecule has 0 fully saturated rings. The molecule has 0 atom stereocenters. The molecule has 4 rings (SSSR count). The molecule has 6 nitrogen and oxygen atoms in total. The number of hydrogen-bond donors (Lipinski definition) is 1. The van der Waals surface area contributed by atoms with Crippen LogP contribution >= 0.6 is 11.3 Å². The lowest BCUT2D eigenvalue weighted by molar-refractivity contribution is 0.267. The third-order valence-electron chi connectivity index (χ3n) is 5.28. The summed E-state index contributed by atoms with van der Waals surface area (Å²) in [6, 6.07) is 11.4. The van der Waals surface area contributed by atoms with Crippen molar-refractivity contribution in [1.82, 2.24) is 14.5 Å². The molecule has 0 saturated heterocycles. The smallest absolute Gasteiger partial charge is 0.263 e. The topological polar surface area (TPSA) is 77.0 Å². The molecule has 4 aromatic rings. The van der Waals surface area contributed by atoms with Gasteiger partial charge in [0.25, 0.3) is 5.56 Å². The first-order valence-electron chi connectivity index (χ1n) is 10.8. The zero-order chi connectivity index (χ0) is 22.8. The number of thiophene rings is 1. The molecular formula is C25H27N3O3S. The maximum atomic E-state index is 13.7. The van der Waals surface area contributed by atoms with Crippen LogP contribution in [0.15, 0.2) is 52.2 Å². The molecule has 1 N–H and O–H groups in total. The van der Waals surface area contributed by atoms with Gasteiger partial charge >= 0.3 is 0 Å². The van der Waals surface area contributed by atoms with Crippen molar-refractivity contribution in [1.29, 1.82) is 0 Å². The van der Waals surface area contributed by atoms with E-state index < -0.39 is 0 Å². The molecule has 3 heterocycles. The fourth-order valence-corrected chi connectivity index (χ4v) is 4.81. The van der Waals surface area contributed by atoms with Crippen LogP contribution in [0.5, 0.6) is 5.75 Å². The molecule has 0 amide bonds. The van der Waals surface area contributed by atoms with Crippen LogP contribution in [-0.2, 0) is 13.0 Å². The van der Waals surface area contributed by atoms with E-state index in [-0.39, 0.29) is 17.5 Å². The standard InChI is InChI=1S/C25H27N3O3S/c1-5-21-27-24-23(22(16(4)32-24)17-9-7-6-8-10-17)25(30)28(21)13-18-11-19(29)20(12-26-18)31-14-15(2)3/h6-12,15H,5,13-14H2,1-4H3,(H,26,29). The molecule has 0 unspecified atom stereocenters. The van der Waals surface area contributed by atoms with Gasteiger partial charge in [0.1, 0.15) is 10.7 Å². The zero-order valence-electron chi connectivity index (χ0n) is 18.8. The van der Waals surface area contributed by atoms with Crippen molar-refractivity contribution in [2.75, 3.05) is 6.61 Å². The van der Waals surface area contributed by atoms with E-state index in [1.54, 1.807) is 22.1 Å². The summed E-state index contributed by atoms with van der Waals surface area (Å²) in [6.45, 7) is 8.78. The zero-order valence-corrected chi connectivity index (χ0v) is 19.6. The Morgan fingerprint density at radius 3 is 2.59 bits per heavy atom. The number of fused-ring (bicyclic) bond motifs is 1. The van der Waals surface area contributed by atoms with Gasteiger partial charge in [-0.2, -0.15) is 0 Å². The first-order chi connectivity index (χ1) is 15.4. The average molecular weight is 450 g/mol. The van der Waals surface area contributed by atoms with E-state index in [0.29, 0.717) is 41.6 Å². The number of benzene rings is 1. The van der Waals surface area contributed by atoms with Crippen molar-refractivity contribution in [3.8, 4) is 16.9 Å². The highest BCUT2D eigenvalue weighted by atomic mass is 32.1. The van der Waals surface area contributed by atoms with E-state index in [2.05, 4.69) is 4.98 Å². The van der Waals surface area contributed by atoms with E-state index in [9.17, 15) is 9.59 Å². The summed E-state index contributed by atoms with van der Waals surface area (Å²) in [4.78, 5) is 35.9. The van der Waals surface area contributed by atoms with Gasteiger partial charge in [-0.05, 0) is 18.4 Å². The van der Waals surface area contributed by atoms with Crippen molar-refractivity contribution in [2.45, 2.75) is 40.7 Å². The first kappa shape index (κ1) is 22.0. The predicted octanol–water partition coefficient (Wildman–Crippen LogP) is 4.77. The maximum Gasteiger partial charge on any atom is 0.263 e. The van der Waals surface area contributed by atoms with Crippen molar-refractivity contribution in [2.24, 2.45) is 5.92 Å². The number of hydrogen-bond acceptors (Lipinski definition) is 5. The molecule has 166 valence electrons.